The maximum Gasteiger partial charge on any atom is 0.347 e. The second-order valence-electron chi connectivity index (χ2n) is 4.87. The van der Waals surface area contributed by atoms with Gasteiger partial charge in [-0.15, -0.1) is 0 Å². The van der Waals surface area contributed by atoms with E-state index in [1.165, 1.54) is 0 Å². The number of halogens is 1. The summed E-state index contributed by atoms with van der Waals surface area (Å²) in [5, 5.41) is 0. The van der Waals surface area contributed by atoms with Crippen LogP contribution >= 0.6 is 15.9 Å². The summed E-state index contributed by atoms with van der Waals surface area (Å²) < 4.78 is 11.8. The molecule has 0 amide bonds. The van der Waals surface area contributed by atoms with Crippen molar-refractivity contribution in [3.05, 3.63) is 28.2 Å². The fourth-order valence-electron chi connectivity index (χ4n) is 1.95. The molecule has 1 aromatic carbocycles. The Labute approximate surface area is 135 Å². The van der Waals surface area contributed by atoms with Gasteiger partial charge < -0.3 is 15.2 Å². The van der Waals surface area contributed by atoms with Gasteiger partial charge in [0.2, 0.25) is 0 Å². The van der Waals surface area contributed by atoms with E-state index in [0.29, 0.717) is 25.2 Å². The van der Waals surface area contributed by atoms with Gasteiger partial charge in [0.25, 0.3) is 0 Å². The lowest BCUT2D eigenvalue weighted by Gasteiger charge is -2.20. The maximum atomic E-state index is 11.9. The van der Waals surface area contributed by atoms with E-state index >= 15 is 0 Å². The smallest absolute Gasteiger partial charge is 0.347 e. The van der Waals surface area contributed by atoms with Crippen LogP contribution in [0.5, 0.6) is 5.75 Å². The van der Waals surface area contributed by atoms with Crippen LogP contribution in [0.1, 0.15) is 39.2 Å². The van der Waals surface area contributed by atoms with Crippen LogP contribution in [0.15, 0.2) is 22.7 Å². The first-order valence-corrected chi connectivity index (χ1v) is 8.18. The van der Waals surface area contributed by atoms with Crippen LogP contribution in [0.3, 0.4) is 0 Å². The van der Waals surface area contributed by atoms with Crippen molar-refractivity contribution < 1.29 is 14.3 Å². The monoisotopic (exact) mass is 357 g/mol. The highest BCUT2D eigenvalue weighted by atomic mass is 79.9. The first-order valence-electron chi connectivity index (χ1n) is 7.39. The maximum absolute atomic E-state index is 11.9. The quantitative estimate of drug-likeness (QED) is 0.723. The average Bonchev–Trinajstić information content (AvgIpc) is 2.46. The third-order valence-corrected chi connectivity index (χ3v) is 3.86. The van der Waals surface area contributed by atoms with Crippen molar-refractivity contribution in [2.45, 2.75) is 52.2 Å². The van der Waals surface area contributed by atoms with Gasteiger partial charge in [0.05, 0.1) is 11.1 Å². The van der Waals surface area contributed by atoms with Crippen LogP contribution in [0.2, 0.25) is 0 Å². The summed E-state index contributed by atoms with van der Waals surface area (Å²) in [6.45, 7) is 6.09. The van der Waals surface area contributed by atoms with Crippen LogP contribution in [-0.4, -0.2) is 24.7 Å². The molecule has 2 atom stereocenters. The Hall–Kier alpha value is -1.07. The normalized spacial score (nSPS) is 13.6. The molecule has 0 bridgehead atoms. The Bertz CT molecular complexity index is 465. The van der Waals surface area contributed by atoms with Crippen molar-refractivity contribution in [2.75, 3.05) is 6.61 Å². The van der Waals surface area contributed by atoms with Gasteiger partial charge in [-0.3, -0.25) is 0 Å². The van der Waals surface area contributed by atoms with Crippen LogP contribution in [0.4, 0.5) is 0 Å². The Kier molecular flexibility index (Phi) is 7.75. The molecule has 0 aromatic heterocycles. The first kappa shape index (κ1) is 18.0. The van der Waals surface area contributed by atoms with Gasteiger partial charge in [-0.2, -0.15) is 0 Å². The molecule has 5 heteroatoms. The number of nitrogens with two attached hydrogens (primary N) is 1. The molecule has 0 saturated carbocycles. The molecule has 21 heavy (non-hydrogen) atoms. The molecule has 0 heterocycles. The van der Waals surface area contributed by atoms with E-state index < -0.39 is 6.10 Å². The Morgan fingerprint density at radius 3 is 2.57 bits per heavy atom. The van der Waals surface area contributed by atoms with E-state index in [1.54, 1.807) is 6.92 Å². The predicted octanol–water partition coefficient (Wildman–Crippen LogP) is 3.45. The number of benzene rings is 1. The molecule has 118 valence electrons. The van der Waals surface area contributed by atoms with Crippen molar-refractivity contribution in [1.29, 1.82) is 0 Å². The lowest BCUT2D eigenvalue weighted by atomic mass is 10.0. The number of hydrogen-bond donors (Lipinski definition) is 1. The molecule has 0 saturated heterocycles. The third-order valence-electron chi connectivity index (χ3n) is 3.24. The van der Waals surface area contributed by atoms with E-state index in [-0.39, 0.29) is 12.0 Å². The summed E-state index contributed by atoms with van der Waals surface area (Å²) in [5.74, 6) is 0.350. The average molecular weight is 358 g/mol. The van der Waals surface area contributed by atoms with Gasteiger partial charge in [-0.25, -0.2) is 4.79 Å². The number of esters is 1. The zero-order chi connectivity index (χ0) is 15.8. The highest BCUT2D eigenvalue weighted by Gasteiger charge is 2.22. The number of rotatable bonds is 8. The largest absolute Gasteiger partial charge is 0.477 e. The molecule has 0 radical (unpaired) electrons. The number of carbonyl (C=O) groups excluding carboxylic acids is 1. The van der Waals surface area contributed by atoms with Crippen LogP contribution in [0.25, 0.3) is 0 Å². The summed E-state index contributed by atoms with van der Waals surface area (Å²) >= 11 is 3.49. The van der Waals surface area contributed by atoms with Crippen molar-refractivity contribution in [2.24, 2.45) is 5.73 Å². The minimum absolute atomic E-state index is 0.0734. The Balaban J connectivity index is 2.96. The number of hydrogen-bond acceptors (Lipinski definition) is 4. The van der Waals surface area contributed by atoms with Gasteiger partial charge in [-0.1, -0.05) is 26.0 Å². The molecule has 0 fully saturated rings. The molecule has 0 spiro atoms. The SMILES string of the molecule is CCOC(=O)C(CC)Oc1c(Br)cccc1CC(N)CC. The summed E-state index contributed by atoms with van der Waals surface area (Å²) in [6.07, 6.45) is 1.56. The van der Waals surface area contributed by atoms with Crippen molar-refractivity contribution in [3.63, 3.8) is 0 Å². The van der Waals surface area contributed by atoms with Gasteiger partial charge in [0.1, 0.15) is 5.75 Å². The zero-order valence-corrected chi connectivity index (χ0v) is 14.5. The third kappa shape index (κ3) is 5.32. The molecule has 1 aromatic rings. The number of carbonyl (C=O) groups is 1. The highest BCUT2D eigenvalue weighted by molar-refractivity contribution is 9.10. The highest BCUT2D eigenvalue weighted by Crippen LogP contribution is 2.31. The topological polar surface area (TPSA) is 61.5 Å². The number of ether oxygens (including phenoxy) is 2. The second kappa shape index (κ2) is 9.05. The molecule has 1 rings (SSSR count). The molecule has 0 aliphatic heterocycles. The summed E-state index contributed by atoms with van der Waals surface area (Å²) in [5.41, 5.74) is 7.03. The van der Waals surface area contributed by atoms with E-state index in [4.69, 9.17) is 15.2 Å². The standard InChI is InChI=1S/C16H24BrNO3/c1-4-12(18)10-11-8-7-9-13(17)15(11)21-14(5-2)16(19)20-6-3/h7-9,12,14H,4-6,10,18H2,1-3H3. The van der Waals surface area contributed by atoms with Crippen LogP contribution < -0.4 is 10.5 Å². The summed E-state index contributed by atoms with van der Waals surface area (Å²) in [7, 11) is 0. The van der Waals surface area contributed by atoms with Gasteiger partial charge in [0, 0.05) is 6.04 Å². The van der Waals surface area contributed by atoms with Gasteiger partial charge in [0.15, 0.2) is 6.10 Å². The molecular weight excluding hydrogens is 334 g/mol. The molecule has 2 unspecified atom stereocenters. The van der Waals surface area contributed by atoms with Crippen molar-refractivity contribution >= 4 is 21.9 Å². The van der Waals surface area contributed by atoms with Crippen LogP contribution in [-0.2, 0) is 16.0 Å². The lowest BCUT2D eigenvalue weighted by molar-refractivity contribution is -0.151. The lowest BCUT2D eigenvalue weighted by Crippen LogP contribution is -2.29. The molecule has 4 nitrogen and oxygen atoms in total. The molecule has 0 aliphatic rings. The fourth-order valence-corrected chi connectivity index (χ4v) is 2.45. The first-order chi connectivity index (χ1) is 10.0. The second-order valence-corrected chi connectivity index (χ2v) is 5.72. The molecular formula is C16H24BrNO3. The minimum Gasteiger partial charge on any atom is -0.477 e. The zero-order valence-electron chi connectivity index (χ0n) is 12.9. The van der Waals surface area contributed by atoms with Gasteiger partial charge >= 0.3 is 5.97 Å². The minimum atomic E-state index is -0.597. The van der Waals surface area contributed by atoms with Crippen molar-refractivity contribution in [1.82, 2.24) is 0 Å². The Morgan fingerprint density at radius 1 is 1.29 bits per heavy atom. The van der Waals surface area contributed by atoms with E-state index in [2.05, 4.69) is 22.9 Å². The fraction of sp³-hybridized carbons (Fsp3) is 0.562. The van der Waals surface area contributed by atoms with Gasteiger partial charge in [-0.05, 0) is 53.7 Å². The van der Waals surface area contributed by atoms with E-state index in [9.17, 15) is 4.79 Å². The predicted molar refractivity (Wildman–Crippen MR) is 87.5 cm³/mol. The molecule has 2 N–H and O–H groups in total. The molecule has 0 aliphatic carbocycles. The summed E-state index contributed by atoms with van der Waals surface area (Å²) in [6, 6.07) is 5.89. The van der Waals surface area contributed by atoms with E-state index in [1.807, 2.05) is 25.1 Å². The van der Waals surface area contributed by atoms with Crippen molar-refractivity contribution in [3.8, 4) is 5.75 Å². The summed E-state index contributed by atoms with van der Waals surface area (Å²) in [4.78, 5) is 11.9. The number of para-hydroxylation sites is 1. The van der Waals surface area contributed by atoms with E-state index in [0.717, 1.165) is 16.5 Å². The van der Waals surface area contributed by atoms with Crippen LogP contribution in [0, 0.1) is 0 Å². The Morgan fingerprint density at radius 2 is 2.00 bits per heavy atom.